The summed E-state index contributed by atoms with van der Waals surface area (Å²) in [5, 5.41) is 2.80. The van der Waals surface area contributed by atoms with Crippen LogP contribution in [0.15, 0.2) is 17.2 Å². The fraction of sp³-hybridized carbons (Fsp3) is 0.471. The van der Waals surface area contributed by atoms with Gasteiger partial charge in [-0.25, -0.2) is 15.0 Å². The molecule has 0 atom stereocenters. The Morgan fingerprint density at radius 2 is 1.92 bits per heavy atom. The molecule has 1 aliphatic carbocycles. The number of carbonyl (C=O) groups excluding carboxylic acids is 1. The molecule has 132 valence electrons. The first-order valence-electron chi connectivity index (χ1n) is 8.24. The van der Waals surface area contributed by atoms with Gasteiger partial charge in [0.25, 0.3) is 5.56 Å². The molecule has 0 aromatic carbocycles. The van der Waals surface area contributed by atoms with Crippen LogP contribution in [0, 0.1) is 13.8 Å². The molecule has 0 saturated heterocycles. The molecule has 0 bridgehead atoms. The first-order valence-corrected chi connectivity index (χ1v) is 8.24. The molecule has 8 heteroatoms. The van der Waals surface area contributed by atoms with Gasteiger partial charge in [-0.3, -0.25) is 14.2 Å². The van der Waals surface area contributed by atoms with Gasteiger partial charge >= 0.3 is 0 Å². The zero-order valence-corrected chi connectivity index (χ0v) is 14.9. The Kier molecular flexibility index (Phi) is 4.52. The Bertz CT molecular complexity index is 847. The van der Waals surface area contributed by atoms with E-state index >= 15 is 0 Å². The molecule has 3 rings (SSSR count). The minimum Gasteiger partial charge on any atom is -0.347 e. The fourth-order valence-corrected chi connectivity index (χ4v) is 2.57. The predicted molar refractivity (Wildman–Crippen MR) is 94.9 cm³/mol. The van der Waals surface area contributed by atoms with Crippen molar-refractivity contribution in [1.82, 2.24) is 19.5 Å². The average molecular weight is 342 g/mol. The van der Waals surface area contributed by atoms with Crippen molar-refractivity contribution in [1.29, 1.82) is 0 Å². The van der Waals surface area contributed by atoms with Crippen molar-refractivity contribution in [3.8, 4) is 0 Å². The lowest BCUT2D eigenvalue weighted by Gasteiger charge is -2.16. The molecule has 1 amide bonds. The third kappa shape index (κ3) is 3.84. The monoisotopic (exact) mass is 342 g/mol. The van der Waals surface area contributed by atoms with Crippen LogP contribution in [-0.2, 0) is 11.3 Å². The number of carbonyl (C=O) groups is 1. The summed E-state index contributed by atoms with van der Waals surface area (Å²) in [4.78, 5) is 39.3. The normalized spacial score (nSPS) is 13.6. The van der Waals surface area contributed by atoms with Gasteiger partial charge in [-0.1, -0.05) is 0 Å². The number of amides is 1. The number of anilines is 2. The highest BCUT2D eigenvalue weighted by molar-refractivity contribution is 5.91. The van der Waals surface area contributed by atoms with E-state index in [0.29, 0.717) is 28.9 Å². The molecule has 0 spiro atoms. The summed E-state index contributed by atoms with van der Waals surface area (Å²) in [5.41, 5.74) is 2.55. The third-order valence-electron chi connectivity index (χ3n) is 4.13. The maximum absolute atomic E-state index is 12.3. The molecule has 1 saturated carbocycles. The fourth-order valence-electron chi connectivity index (χ4n) is 2.57. The maximum atomic E-state index is 12.3. The smallest absolute Gasteiger partial charge is 0.254 e. The summed E-state index contributed by atoms with van der Waals surface area (Å²) in [6.07, 6.45) is 3.61. The summed E-state index contributed by atoms with van der Waals surface area (Å²) in [5.74, 6) is 0.688. The zero-order chi connectivity index (χ0) is 18.1. The highest BCUT2D eigenvalue weighted by Crippen LogP contribution is 2.38. The van der Waals surface area contributed by atoms with E-state index in [2.05, 4.69) is 20.3 Å². The van der Waals surface area contributed by atoms with Gasteiger partial charge in [-0.15, -0.1) is 0 Å². The standard InChI is InChI=1S/C17H22N6O2/c1-10-16(11(2)20-17(19-10)22(3)4)21-14(24)8-23-9-18-13(7-15(23)25)12-5-6-12/h7,9,12H,5-6,8H2,1-4H3,(H,21,24). The summed E-state index contributed by atoms with van der Waals surface area (Å²) in [6, 6.07) is 1.52. The van der Waals surface area contributed by atoms with E-state index in [1.165, 1.54) is 17.0 Å². The zero-order valence-electron chi connectivity index (χ0n) is 14.9. The van der Waals surface area contributed by atoms with Gasteiger partial charge < -0.3 is 10.2 Å². The highest BCUT2D eigenvalue weighted by atomic mass is 16.2. The van der Waals surface area contributed by atoms with Gasteiger partial charge in [-0.2, -0.15) is 0 Å². The molecule has 2 aromatic heterocycles. The third-order valence-corrected chi connectivity index (χ3v) is 4.13. The first kappa shape index (κ1) is 17.1. The van der Waals surface area contributed by atoms with Gasteiger partial charge in [0.2, 0.25) is 11.9 Å². The number of aryl methyl sites for hydroxylation is 2. The lowest BCUT2D eigenvalue weighted by molar-refractivity contribution is -0.116. The van der Waals surface area contributed by atoms with Crippen LogP contribution < -0.4 is 15.8 Å². The number of hydrogen-bond acceptors (Lipinski definition) is 6. The summed E-state index contributed by atoms with van der Waals surface area (Å²) >= 11 is 0. The van der Waals surface area contributed by atoms with Gasteiger partial charge in [0.15, 0.2) is 0 Å². The summed E-state index contributed by atoms with van der Waals surface area (Å²) in [6.45, 7) is 3.54. The van der Waals surface area contributed by atoms with E-state index in [1.807, 2.05) is 27.9 Å². The SMILES string of the molecule is Cc1nc(N(C)C)nc(C)c1NC(=O)Cn1cnc(C2CC2)cc1=O. The lowest BCUT2D eigenvalue weighted by Crippen LogP contribution is -2.28. The molecular weight excluding hydrogens is 320 g/mol. The van der Waals surface area contributed by atoms with E-state index in [1.54, 1.807) is 4.90 Å². The number of nitrogens with zero attached hydrogens (tertiary/aromatic N) is 5. The molecular formula is C17H22N6O2. The van der Waals surface area contributed by atoms with Crippen LogP contribution in [0.3, 0.4) is 0 Å². The Labute approximate surface area is 145 Å². The van der Waals surface area contributed by atoms with Crippen LogP contribution in [0.25, 0.3) is 0 Å². The Hall–Kier alpha value is -2.77. The molecule has 25 heavy (non-hydrogen) atoms. The molecule has 1 fully saturated rings. The second-order valence-corrected chi connectivity index (χ2v) is 6.57. The van der Waals surface area contributed by atoms with Crippen LogP contribution in [0.2, 0.25) is 0 Å². The lowest BCUT2D eigenvalue weighted by atomic mass is 10.2. The molecule has 1 N–H and O–H groups in total. The van der Waals surface area contributed by atoms with E-state index in [0.717, 1.165) is 18.5 Å². The van der Waals surface area contributed by atoms with Crippen molar-refractivity contribution in [3.05, 3.63) is 39.8 Å². The van der Waals surface area contributed by atoms with Crippen molar-refractivity contribution in [2.75, 3.05) is 24.3 Å². The molecule has 0 aliphatic heterocycles. The summed E-state index contributed by atoms with van der Waals surface area (Å²) in [7, 11) is 3.72. The molecule has 1 aliphatic rings. The van der Waals surface area contributed by atoms with Crippen molar-refractivity contribution in [2.24, 2.45) is 0 Å². The van der Waals surface area contributed by atoms with Crippen LogP contribution in [0.4, 0.5) is 11.6 Å². The molecule has 2 heterocycles. The molecule has 0 radical (unpaired) electrons. The number of rotatable bonds is 5. The molecule has 8 nitrogen and oxygen atoms in total. The Morgan fingerprint density at radius 1 is 1.28 bits per heavy atom. The largest absolute Gasteiger partial charge is 0.347 e. The van der Waals surface area contributed by atoms with Gasteiger partial charge in [0.1, 0.15) is 6.54 Å². The first-order chi connectivity index (χ1) is 11.8. The average Bonchev–Trinajstić information content (AvgIpc) is 3.37. The van der Waals surface area contributed by atoms with Crippen LogP contribution >= 0.6 is 0 Å². The van der Waals surface area contributed by atoms with E-state index in [-0.39, 0.29) is 18.0 Å². The Morgan fingerprint density at radius 3 is 2.44 bits per heavy atom. The quantitative estimate of drug-likeness (QED) is 0.878. The van der Waals surface area contributed by atoms with Crippen LogP contribution in [0.5, 0.6) is 0 Å². The van der Waals surface area contributed by atoms with Crippen molar-refractivity contribution < 1.29 is 4.79 Å². The number of aromatic nitrogens is 4. The minimum absolute atomic E-state index is 0.0922. The predicted octanol–water partition coefficient (Wildman–Crippen LogP) is 1.23. The maximum Gasteiger partial charge on any atom is 0.254 e. The molecule has 0 unspecified atom stereocenters. The minimum atomic E-state index is -0.310. The summed E-state index contributed by atoms with van der Waals surface area (Å²) < 4.78 is 1.31. The van der Waals surface area contributed by atoms with E-state index in [9.17, 15) is 9.59 Å². The second-order valence-electron chi connectivity index (χ2n) is 6.57. The number of hydrogen-bond donors (Lipinski definition) is 1. The highest BCUT2D eigenvalue weighted by Gasteiger charge is 2.25. The van der Waals surface area contributed by atoms with Crippen molar-refractivity contribution in [2.45, 2.75) is 39.2 Å². The van der Waals surface area contributed by atoms with Crippen molar-refractivity contribution >= 4 is 17.5 Å². The van der Waals surface area contributed by atoms with E-state index < -0.39 is 0 Å². The van der Waals surface area contributed by atoms with Crippen LogP contribution in [0.1, 0.15) is 35.8 Å². The topological polar surface area (TPSA) is 93.0 Å². The second kappa shape index (κ2) is 6.62. The Balaban J connectivity index is 1.73. The van der Waals surface area contributed by atoms with Gasteiger partial charge in [0.05, 0.1) is 29.1 Å². The van der Waals surface area contributed by atoms with E-state index in [4.69, 9.17) is 0 Å². The number of nitrogens with one attached hydrogen (secondary N) is 1. The molecule has 2 aromatic rings. The van der Waals surface area contributed by atoms with Gasteiger partial charge in [0, 0.05) is 26.1 Å². The van der Waals surface area contributed by atoms with Crippen molar-refractivity contribution in [3.63, 3.8) is 0 Å². The van der Waals surface area contributed by atoms with Crippen LogP contribution in [-0.4, -0.2) is 39.5 Å². The van der Waals surface area contributed by atoms with Gasteiger partial charge in [-0.05, 0) is 26.7 Å².